The summed E-state index contributed by atoms with van der Waals surface area (Å²) in [5.41, 5.74) is -9.54. The summed E-state index contributed by atoms with van der Waals surface area (Å²) < 4.78 is 273. The molecule has 8 aromatic carbocycles. The molecule has 258 valence electrons. The Morgan fingerprint density at radius 1 is 0.463 bits per heavy atom. The molecule has 0 bridgehead atoms. The molecule has 1 aromatic heterocycles. The van der Waals surface area contributed by atoms with Gasteiger partial charge in [0, 0.05) is 42.6 Å². The highest BCUT2D eigenvalue weighted by Crippen LogP contribution is 2.54. The second-order valence-corrected chi connectivity index (χ2v) is 13.7. The topological polar surface area (TPSA) is 3.24 Å². The Hall–Kier alpha value is -6.22. The Balaban J connectivity index is 1.44. The van der Waals surface area contributed by atoms with Gasteiger partial charge in [0.15, 0.2) is 0 Å². The smallest absolute Gasteiger partial charge is 0.0652 e. The van der Waals surface area contributed by atoms with Crippen molar-refractivity contribution in [1.82, 2.24) is 0 Å². The van der Waals surface area contributed by atoms with E-state index in [0.29, 0.717) is 16.2 Å². The first-order valence-electron chi connectivity index (χ1n) is 31.3. The number of rotatable bonds is 6. The summed E-state index contributed by atoms with van der Waals surface area (Å²) in [6.07, 6.45) is 0. The van der Waals surface area contributed by atoms with Crippen LogP contribution in [-0.4, -0.2) is 0 Å². The third-order valence-corrected chi connectivity index (χ3v) is 10.2. The minimum absolute atomic E-state index is 0.112. The number of anilines is 3. The highest BCUT2D eigenvalue weighted by Gasteiger charge is 2.37. The van der Waals surface area contributed by atoms with Crippen LogP contribution in [0.25, 0.3) is 64.7 Å². The van der Waals surface area contributed by atoms with Gasteiger partial charge in [-0.25, -0.2) is 0 Å². The van der Waals surface area contributed by atoms with Crippen molar-refractivity contribution in [1.29, 1.82) is 0 Å². The first kappa shape index (κ1) is 13.9. The molecule has 0 unspecified atom stereocenters. The molecule has 1 aliphatic rings. The predicted octanol–water partition coefficient (Wildman–Crippen LogP) is 15.1. The van der Waals surface area contributed by atoms with Gasteiger partial charge in [0.2, 0.25) is 0 Å². The molecule has 1 aliphatic carbocycles. The monoisotopic (exact) mass is 739 g/mol. The van der Waals surface area contributed by atoms with Crippen molar-refractivity contribution in [2.45, 2.75) is 26.2 Å². The second-order valence-electron chi connectivity index (χ2n) is 12.6. The van der Waals surface area contributed by atoms with E-state index >= 15 is 0 Å². The fourth-order valence-electron chi connectivity index (χ4n) is 6.60. The van der Waals surface area contributed by atoms with Crippen molar-refractivity contribution in [3.8, 4) is 44.5 Å². The van der Waals surface area contributed by atoms with Gasteiger partial charge in [-0.1, -0.05) is 147 Å². The largest absolute Gasteiger partial charge is 0.310 e. The summed E-state index contributed by atoms with van der Waals surface area (Å²) >= 11 is 0.549. The molecule has 0 amide bonds. The van der Waals surface area contributed by atoms with Gasteiger partial charge in [-0.15, -0.1) is 11.3 Å². The molecule has 0 aliphatic heterocycles. The molecule has 54 heavy (non-hydrogen) atoms. The second kappa shape index (κ2) is 12.7. The van der Waals surface area contributed by atoms with E-state index in [1.54, 1.807) is 0 Å². The molecule has 0 atom stereocenters. The zero-order chi connectivity index (χ0) is 62.5. The molecule has 0 fully saturated rings. The minimum Gasteiger partial charge on any atom is -0.310 e. The lowest BCUT2D eigenvalue weighted by Crippen LogP contribution is -2.16. The number of hydrogen-bond donors (Lipinski definition) is 0. The lowest BCUT2D eigenvalue weighted by molar-refractivity contribution is 0.660. The molecule has 1 nitrogen and oxygen atoms in total. The van der Waals surface area contributed by atoms with Crippen LogP contribution in [0.2, 0.25) is 0 Å². The maximum absolute atomic E-state index is 10.3. The molecule has 0 saturated heterocycles. The molecule has 0 radical (unpaired) electrons. The van der Waals surface area contributed by atoms with Gasteiger partial charge >= 0.3 is 0 Å². The lowest BCUT2D eigenvalue weighted by atomic mass is 9.81. The number of benzene rings is 8. The molecule has 1 heterocycles. The molecule has 9 aromatic rings. The first-order chi connectivity index (χ1) is 39.0. The predicted molar refractivity (Wildman–Crippen MR) is 233 cm³/mol. The zero-order valence-corrected chi connectivity index (χ0v) is 29.2. The standard InChI is InChI=1S/C52H39NS/c1-34-14-10-11-19-41(34)43-21-12-22-46-50(43)44-30-28-40(33-47(44)52(46,2)3)53(38-26-24-36(25-27-38)35-15-6-4-7-16-35)39-29-31-48-45(32-39)51-42(20-13-23-49(51)54-48)37-17-8-5-9-18-37/h4-33H,1-3H3/i4D,5D,6D,7D,8D,9D,10D,11D,12D,13D,14D,15D,16D,17D,18D,19D,20D,21D,22D,23D,24D,25D,26D,27D,28D,29D,30D,31D,32D,33D. The SMILES string of the molecule is [2H]c1c([2H])c([2H])c(-c2c([2H])c([2H])c(N(c3c([2H])c([2H])c4c(c3[2H])C(C)(C)c3c([2H])c([2H])c([2H])c(-c5c([2H])c([2H])c([2H])c([2H])c5C)c3-4)c3c([2H])c([2H])c4sc5c([2H])c([2H])c([2H])c(-c6c([2H])c([2H])c([2H])c([2H])c6[2H])c5c4c3[2H])c([2H])c2[2H])c([2H])c1[2H]. The first-order valence-corrected chi connectivity index (χ1v) is 17.1. The quantitative estimate of drug-likeness (QED) is 0.164. The molecular formula is C52H39NS. The summed E-state index contributed by atoms with van der Waals surface area (Å²) in [7, 11) is 0. The molecule has 0 saturated carbocycles. The zero-order valence-electron chi connectivity index (χ0n) is 58.4. The van der Waals surface area contributed by atoms with Crippen LogP contribution in [0.3, 0.4) is 0 Å². The number of fused-ring (bicyclic) bond motifs is 6. The fraction of sp³-hybridized carbons (Fsp3) is 0.0769. The average Bonchev–Trinajstić information content (AvgIpc) is 1.51. The molecule has 10 rings (SSSR count). The van der Waals surface area contributed by atoms with Crippen molar-refractivity contribution in [3.05, 3.63) is 198 Å². The Bertz CT molecular complexity index is 4490. The van der Waals surface area contributed by atoms with Crippen LogP contribution in [-0.2, 0) is 5.41 Å². The Morgan fingerprint density at radius 2 is 1.07 bits per heavy atom. The van der Waals surface area contributed by atoms with E-state index in [1.165, 1.54) is 20.8 Å². The lowest BCUT2D eigenvalue weighted by Gasteiger charge is -2.28. The number of thiophene rings is 1. The summed E-state index contributed by atoms with van der Waals surface area (Å²) in [6, 6.07) is -26.4. The van der Waals surface area contributed by atoms with E-state index in [4.69, 9.17) is 23.3 Å². The minimum atomic E-state index is -1.80. The molecule has 0 spiro atoms. The third kappa shape index (κ3) is 5.21. The van der Waals surface area contributed by atoms with Crippen LogP contribution in [0.5, 0.6) is 0 Å². The van der Waals surface area contributed by atoms with Crippen LogP contribution >= 0.6 is 11.3 Å². The van der Waals surface area contributed by atoms with E-state index in [0.717, 1.165) is 0 Å². The van der Waals surface area contributed by atoms with Gasteiger partial charge in [0.05, 0.1) is 41.1 Å². The van der Waals surface area contributed by atoms with Crippen molar-refractivity contribution in [2.75, 3.05) is 4.90 Å². The highest BCUT2D eigenvalue weighted by molar-refractivity contribution is 7.26. The number of nitrogens with zero attached hydrogens (tertiary/aromatic N) is 1. The molecular weight excluding hydrogens is 671 g/mol. The summed E-state index contributed by atoms with van der Waals surface area (Å²) in [6.45, 7) is 4.20. The Labute approximate surface area is 363 Å². The van der Waals surface area contributed by atoms with Gasteiger partial charge in [0.1, 0.15) is 0 Å². The highest BCUT2D eigenvalue weighted by atomic mass is 32.1. The summed E-state index contributed by atoms with van der Waals surface area (Å²) in [4.78, 5) is 0.540. The molecule has 2 heteroatoms. The van der Waals surface area contributed by atoms with Crippen LogP contribution in [0.4, 0.5) is 17.1 Å². The van der Waals surface area contributed by atoms with Gasteiger partial charge < -0.3 is 4.90 Å². The maximum atomic E-state index is 10.3. The van der Waals surface area contributed by atoms with Crippen LogP contribution in [0.15, 0.2) is 181 Å². The van der Waals surface area contributed by atoms with Gasteiger partial charge in [0.25, 0.3) is 0 Å². The van der Waals surface area contributed by atoms with Crippen LogP contribution in [0, 0.1) is 6.92 Å². The Kier molecular flexibility index (Phi) is 3.27. The van der Waals surface area contributed by atoms with Crippen molar-refractivity contribution >= 4 is 48.6 Å². The maximum Gasteiger partial charge on any atom is 0.0652 e. The summed E-state index contributed by atoms with van der Waals surface area (Å²) in [5, 5.41) is -0.942. The van der Waals surface area contributed by atoms with Gasteiger partial charge in [-0.05, 0) is 116 Å². The van der Waals surface area contributed by atoms with E-state index in [1.807, 2.05) is 0 Å². The van der Waals surface area contributed by atoms with Crippen LogP contribution < -0.4 is 4.90 Å². The van der Waals surface area contributed by atoms with Gasteiger partial charge in [-0.2, -0.15) is 0 Å². The van der Waals surface area contributed by atoms with Crippen molar-refractivity contribution < 1.29 is 41.1 Å². The summed E-state index contributed by atoms with van der Waals surface area (Å²) in [5.74, 6) is 0. The number of hydrogen-bond acceptors (Lipinski definition) is 2. The van der Waals surface area contributed by atoms with E-state index in [9.17, 15) is 17.8 Å². The van der Waals surface area contributed by atoms with E-state index < -0.39 is 237 Å². The van der Waals surface area contributed by atoms with E-state index in [2.05, 4.69) is 0 Å². The van der Waals surface area contributed by atoms with Gasteiger partial charge in [-0.3, -0.25) is 0 Å². The third-order valence-electron chi connectivity index (χ3n) is 9.14. The fourth-order valence-corrected chi connectivity index (χ4v) is 7.57. The van der Waals surface area contributed by atoms with Crippen LogP contribution in [0.1, 0.15) is 71.7 Å². The molecule has 0 N–H and O–H groups in total. The van der Waals surface area contributed by atoms with Crippen molar-refractivity contribution in [3.63, 3.8) is 0 Å². The van der Waals surface area contributed by atoms with E-state index in [-0.39, 0.29) is 48.3 Å². The average molecular weight is 740 g/mol. The Morgan fingerprint density at radius 3 is 1.87 bits per heavy atom. The normalized spacial score (nSPS) is 20.6. The van der Waals surface area contributed by atoms with Crippen molar-refractivity contribution in [2.24, 2.45) is 0 Å².